The molecule has 0 spiro atoms. The Hall–Kier alpha value is -1.32. The Morgan fingerprint density at radius 2 is 2.60 bits per heavy atom. The topological polar surface area (TPSA) is 44.3 Å². The smallest absolute Gasteiger partial charge is 0.176 e. The first-order chi connectivity index (χ1) is 4.86. The van der Waals surface area contributed by atoms with Gasteiger partial charge in [0.25, 0.3) is 0 Å². The second-order valence-electron chi connectivity index (χ2n) is 2.36. The summed E-state index contributed by atoms with van der Waals surface area (Å²) in [7, 11) is 1.98. The van der Waals surface area contributed by atoms with Gasteiger partial charge < -0.3 is 9.88 Å². The number of aromatic nitrogens is 2. The highest BCUT2D eigenvalue weighted by atomic mass is 15.2. The molecule has 4 nitrogen and oxygen atoms in total. The van der Waals surface area contributed by atoms with Gasteiger partial charge in [0.2, 0.25) is 0 Å². The fourth-order valence-electron chi connectivity index (χ4n) is 0.985. The molecule has 0 aromatic carbocycles. The van der Waals surface area contributed by atoms with Crippen molar-refractivity contribution in [3.63, 3.8) is 0 Å². The van der Waals surface area contributed by atoms with Gasteiger partial charge in [-0.15, -0.1) is 0 Å². The Balaban J connectivity index is 2.43. The SMILES string of the molecule is CN1C=Nc2nc[nH]c2C1. The summed E-state index contributed by atoms with van der Waals surface area (Å²) in [6, 6.07) is 0. The normalized spacial score (nSPS) is 15.5. The van der Waals surface area contributed by atoms with Gasteiger partial charge in [-0.25, -0.2) is 9.98 Å². The molecule has 2 rings (SSSR count). The van der Waals surface area contributed by atoms with Crippen molar-refractivity contribution < 1.29 is 0 Å². The van der Waals surface area contributed by atoms with E-state index in [1.54, 1.807) is 12.7 Å². The number of nitrogens with one attached hydrogen (secondary N) is 1. The van der Waals surface area contributed by atoms with Gasteiger partial charge in [0.15, 0.2) is 5.82 Å². The Morgan fingerprint density at radius 1 is 1.70 bits per heavy atom. The second kappa shape index (κ2) is 1.83. The first-order valence-electron chi connectivity index (χ1n) is 3.13. The van der Waals surface area contributed by atoms with Crippen LogP contribution in [-0.2, 0) is 6.54 Å². The van der Waals surface area contributed by atoms with Gasteiger partial charge in [-0.05, 0) is 0 Å². The van der Waals surface area contributed by atoms with Crippen LogP contribution in [0.3, 0.4) is 0 Å². The summed E-state index contributed by atoms with van der Waals surface area (Å²) in [6.45, 7) is 0.874. The number of H-pyrrole nitrogens is 1. The molecule has 1 aromatic heterocycles. The Bertz CT molecular complexity index is 262. The first-order valence-corrected chi connectivity index (χ1v) is 3.13. The van der Waals surface area contributed by atoms with Crippen molar-refractivity contribution in [3.8, 4) is 0 Å². The largest absolute Gasteiger partial charge is 0.360 e. The molecule has 2 heterocycles. The molecule has 1 N–H and O–H groups in total. The van der Waals surface area contributed by atoms with Crippen LogP contribution in [0.2, 0.25) is 0 Å². The van der Waals surface area contributed by atoms with E-state index in [0.717, 1.165) is 18.1 Å². The average molecular weight is 136 g/mol. The van der Waals surface area contributed by atoms with Gasteiger partial charge in [-0.2, -0.15) is 0 Å². The van der Waals surface area contributed by atoms with E-state index in [1.807, 2.05) is 11.9 Å². The molecule has 0 unspecified atom stereocenters. The number of nitrogens with zero attached hydrogens (tertiary/aromatic N) is 3. The maximum Gasteiger partial charge on any atom is 0.176 e. The van der Waals surface area contributed by atoms with E-state index in [1.165, 1.54) is 0 Å². The number of fused-ring (bicyclic) bond motifs is 1. The highest BCUT2D eigenvalue weighted by Crippen LogP contribution is 2.17. The lowest BCUT2D eigenvalue weighted by Crippen LogP contribution is -2.18. The van der Waals surface area contributed by atoms with Crippen LogP contribution in [-0.4, -0.2) is 28.3 Å². The Labute approximate surface area is 58.6 Å². The van der Waals surface area contributed by atoms with E-state index in [0.29, 0.717) is 0 Å². The molecule has 1 aliphatic heterocycles. The minimum atomic E-state index is 0.818. The van der Waals surface area contributed by atoms with Crippen molar-refractivity contribution in [2.45, 2.75) is 6.54 Å². The zero-order chi connectivity index (χ0) is 6.97. The summed E-state index contributed by atoms with van der Waals surface area (Å²) in [5.41, 5.74) is 1.09. The zero-order valence-corrected chi connectivity index (χ0v) is 5.70. The molecule has 0 amide bonds. The van der Waals surface area contributed by atoms with Crippen molar-refractivity contribution >= 4 is 12.2 Å². The Morgan fingerprint density at radius 3 is 3.50 bits per heavy atom. The van der Waals surface area contributed by atoms with E-state index >= 15 is 0 Å². The number of hydrogen-bond donors (Lipinski definition) is 1. The number of aliphatic imine (C=N–C) groups is 1. The highest BCUT2D eigenvalue weighted by Gasteiger charge is 2.09. The van der Waals surface area contributed by atoms with Gasteiger partial charge in [0.1, 0.15) is 0 Å². The van der Waals surface area contributed by atoms with E-state index in [4.69, 9.17) is 0 Å². The molecule has 0 bridgehead atoms. The molecule has 52 valence electrons. The van der Waals surface area contributed by atoms with Gasteiger partial charge in [-0.3, -0.25) is 0 Å². The number of rotatable bonds is 0. The summed E-state index contributed by atoms with van der Waals surface area (Å²) >= 11 is 0. The van der Waals surface area contributed by atoms with Crippen LogP contribution in [0.4, 0.5) is 5.82 Å². The van der Waals surface area contributed by atoms with E-state index in [-0.39, 0.29) is 0 Å². The fraction of sp³-hybridized carbons (Fsp3) is 0.333. The standard InChI is InChI=1S/C6H8N4/c1-10-2-5-6(9-4-10)8-3-7-5/h3-4H,2H2,1H3,(H,7,8). The predicted octanol–water partition coefficient (Wildman–Crippen LogP) is 0.515. The van der Waals surface area contributed by atoms with Crippen molar-refractivity contribution in [1.82, 2.24) is 14.9 Å². The molecule has 0 radical (unpaired) electrons. The van der Waals surface area contributed by atoms with Crippen molar-refractivity contribution in [3.05, 3.63) is 12.0 Å². The molecule has 1 aromatic rings. The van der Waals surface area contributed by atoms with Crippen LogP contribution in [0.1, 0.15) is 5.69 Å². The fourth-order valence-corrected chi connectivity index (χ4v) is 0.985. The zero-order valence-electron chi connectivity index (χ0n) is 5.70. The highest BCUT2D eigenvalue weighted by molar-refractivity contribution is 5.63. The van der Waals surface area contributed by atoms with E-state index in [2.05, 4.69) is 15.0 Å². The van der Waals surface area contributed by atoms with Crippen LogP contribution in [0.15, 0.2) is 11.3 Å². The maximum atomic E-state index is 4.09. The lowest BCUT2D eigenvalue weighted by Gasteiger charge is -2.15. The lowest BCUT2D eigenvalue weighted by molar-refractivity contribution is 0.501. The van der Waals surface area contributed by atoms with Crippen LogP contribution in [0.25, 0.3) is 0 Å². The third-order valence-electron chi connectivity index (χ3n) is 1.48. The Kier molecular flexibility index (Phi) is 1.00. The van der Waals surface area contributed by atoms with Crippen LogP contribution < -0.4 is 0 Å². The van der Waals surface area contributed by atoms with Crippen molar-refractivity contribution in [1.29, 1.82) is 0 Å². The van der Waals surface area contributed by atoms with Gasteiger partial charge >= 0.3 is 0 Å². The lowest BCUT2D eigenvalue weighted by atomic mass is 10.4. The molecular formula is C6H8N4. The molecule has 1 aliphatic rings. The van der Waals surface area contributed by atoms with Gasteiger partial charge in [0.05, 0.1) is 24.9 Å². The van der Waals surface area contributed by atoms with Crippen LogP contribution in [0, 0.1) is 0 Å². The summed E-state index contributed by atoms with van der Waals surface area (Å²) in [5, 5.41) is 0. The minimum Gasteiger partial charge on any atom is -0.360 e. The minimum absolute atomic E-state index is 0.818. The third-order valence-corrected chi connectivity index (χ3v) is 1.48. The predicted molar refractivity (Wildman–Crippen MR) is 38.2 cm³/mol. The van der Waals surface area contributed by atoms with Gasteiger partial charge in [0, 0.05) is 7.05 Å². The quantitative estimate of drug-likeness (QED) is 0.565. The number of imidazole rings is 1. The van der Waals surface area contributed by atoms with Crippen molar-refractivity contribution in [2.75, 3.05) is 7.05 Å². The molecule has 4 heteroatoms. The number of hydrogen-bond acceptors (Lipinski definition) is 3. The van der Waals surface area contributed by atoms with Crippen LogP contribution in [0.5, 0.6) is 0 Å². The maximum absolute atomic E-state index is 4.09. The van der Waals surface area contributed by atoms with Crippen molar-refractivity contribution in [2.24, 2.45) is 4.99 Å². The molecule has 10 heavy (non-hydrogen) atoms. The summed E-state index contributed by atoms with van der Waals surface area (Å²) in [6.07, 6.45) is 3.45. The molecule has 0 fully saturated rings. The average Bonchev–Trinajstić information content (AvgIpc) is 2.33. The third kappa shape index (κ3) is 0.689. The molecule has 0 saturated heterocycles. The second-order valence-corrected chi connectivity index (χ2v) is 2.36. The molecular weight excluding hydrogens is 128 g/mol. The molecule has 0 atom stereocenters. The molecule has 0 aliphatic carbocycles. The van der Waals surface area contributed by atoms with E-state index in [9.17, 15) is 0 Å². The monoisotopic (exact) mass is 136 g/mol. The van der Waals surface area contributed by atoms with Crippen LogP contribution >= 0.6 is 0 Å². The van der Waals surface area contributed by atoms with Gasteiger partial charge in [-0.1, -0.05) is 0 Å². The summed E-state index contributed by atoms with van der Waals surface area (Å²) < 4.78 is 0. The summed E-state index contributed by atoms with van der Waals surface area (Å²) in [5.74, 6) is 0.818. The first kappa shape index (κ1) is 5.46. The summed E-state index contributed by atoms with van der Waals surface area (Å²) in [4.78, 5) is 13.1. The number of aromatic amines is 1. The van der Waals surface area contributed by atoms with E-state index < -0.39 is 0 Å². The molecule has 0 saturated carbocycles.